The van der Waals surface area contributed by atoms with Crippen molar-refractivity contribution < 1.29 is 14.3 Å². The molecule has 1 aromatic rings. The summed E-state index contributed by atoms with van der Waals surface area (Å²) in [5.41, 5.74) is 1.89. The number of hydrogen-bond acceptors (Lipinski definition) is 5. The van der Waals surface area contributed by atoms with Crippen LogP contribution in [0.4, 0.5) is 5.69 Å². The number of nitrogens with zero attached hydrogens (tertiary/aromatic N) is 1. The summed E-state index contributed by atoms with van der Waals surface area (Å²) in [6.45, 7) is 3.76. The molecule has 1 saturated heterocycles. The van der Waals surface area contributed by atoms with Crippen molar-refractivity contribution in [2.24, 2.45) is 11.3 Å². The average molecular weight is 425 g/mol. The highest BCUT2D eigenvalue weighted by Gasteiger charge is 2.54. The Morgan fingerprint density at radius 2 is 2.00 bits per heavy atom. The maximum atomic E-state index is 13.0. The molecule has 3 N–H and O–H groups in total. The average Bonchev–Trinajstić information content (AvgIpc) is 3.28. The van der Waals surface area contributed by atoms with E-state index in [1.165, 1.54) is 0 Å². The number of amides is 2. The van der Waals surface area contributed by atoms with E-state index >= 15 is 0 Å². The first-order valence-electron chi connectivity index (χ1n) is 11.4. The van der Waals surface area contributed by atoms with Crippen LogP contribution in [0.15, 0.2) is 18.2 Å². The third-order valence-corrected chi connectivity index (χ3v) is 8.26. The lowest BCUT2D eigenvalue weighted by Crippen LogP contribution is -2.49. The van der Waals surface area contributed by atoms with Crippen LogP contribution in [-0.2, 0) is 15.0 Å². The highest BCUT2D eigenvalue weighted by molar-refractivity contribution is 6.06. The number of ether oxygens (including phenoxy) is 1. The second-order valence-corrected chi connectivity index (χ2v) is 10.1. The number of rotatable bonds is 3. The highest BCUT2D eigenvalue weighted by Crippen LogP contribution is 2.54. The summed E-state index contributed by atoms with van der Waals surface area (Å²) in [7, 11) is 1.67. The second-order valence-electron chi connectivity index (χ2n) is 10.1. The molecule has 4 aliphatic rings. The zero-order chi connectivity index (χ0) is 21.8. The van der Waals surface area contributed by atoms with Crippen LogP contribution < -0.4 is 15.4 Å². The number of fused-ring (bicyclic) bond motifs is 2. The van der Waals surface area contributed by atoms with Crippen LogP contribution in [0.5, 0.6) is 5.75 Å². The summed E-state index contributed by atoms with van der Waals surface area (Å²) in [4.78, 5) is 27.7. The maximum Gasteiger partial charge on any atom is 0.235 e. The van der Waals surface area contributed by atoms with E-state index in [9.17, 15) is 9.59 Å². The van der Waals surface area contributed by atoms with Crippen LogP contribution in [0.3, 0.4) is 0 Å². The Hall–Kier alpha value is -2.41. The summed E-state index contributed by atoms with van der Waals surface area (Å²) in [5.74, 6) is 1.24. The Morgan fingerprint density at radius 3 is 2.68 bits per heavy atom. The van der Waals surface area contributed by atoms with Crippen LogP contribution >= 0.6 is 0 Å². The fraction of sp³-hybridized carbons (Fsp3) is 0.625. The van der Waals surface area contributed by atoms with Gasteiger partial charge in [0.15, 0.2) is 0 Å². The monoisotopic (exact) mass is 424 g/mol. The maximum absolute atomic E-state index is 13.0. The van der Waals surface area contributed by atoms with Crippen molar-refractivity contribution >= 4 is 23.3 Å². The van der Waals surface area contributed by atoms with Crippen LogP contribution in [-0.4, -0.2) is 48.8 Å². The number of nitrogens with one attached hydrogen (secondary N) is 3. The van der Waals surface area contributed by atoms with Crippen molar-refractivity contribution in [3.8, 4) is 5.75 Å². The molecule has 31 heavy (non-hydrogen) atoms. The van der Waals surface area contributed by atoms with Crippen LogP contribution in [0.2, 0.25) is 0 Å². The fourth-order valence-corrected chi connectivity index (χ4v) is 6.55. The van der Waals surface area contributed by atoms with Gasteiger partial charge in [0, 0.05) is 24.2 Å². The zero-order valence-corrected chi connectivity index (χ0v) is 18.4. The molecule has 1 aromatic carbocycles. The first-order chi connectivity index (χ1) is 14.8. The van der Waals surface area contributed by atoms with Gasteiger partial charge in [0.25, 0.3) is 0 Å². The summed E-state index contributed by atoms with van der Waals surface area (Å²) in [6.07, 6.45) is 6.83. The van der Waals surface area contributed by atoms with Crippen LogP contribution in [0, 0.1) is 16.7 Å². The molecule has 2 spiro atoms. The van der Waals surface area contributed by atoms with Gasteiger partial charge in [0.2, 0.25) is 11.8 Å². The lowest BCUT2D eigenvalue weighted by molar-refractivity contribution is -0.130. The molecule has 2 aliphatic carbocycles. The fourth-order valence-electron chi connectivity index (χ4n) is 6.55. The first-order valence-corrected chi connectivity index (χ1v) is 11.4. The predicted molar refractivity (Wildman–Crippen MR) is 118 cm³/mol. The van der Waals surface area contributed by atoms with E-state index in [4.69, 9.17) is 10.1 Å². The number of benzene rings is 1. The van der Waals surface area contributed by atoms with Gasteiger partial charge in [-0.3, -0.25) is 19.9 Å². The van der Waals surface area contributed by atoms with Crippen molar-refractivity contribution in [2.75, 3.05) is 25.5 Å². The summed E-state index contributed by atoms with van der Waals surface area (Å²) >= 11 is 0. The lowest BCUT2D eigenvalue weighted by atomic mass is 9.61. The first kappa shape index (κ1) is 20.5. The number of carbonyl (C=O) groups excluding carboxylic acids is 2. The van der Waals surface area contributed by atoms with E-state index in [0.717, 1.165) is 75.0 Å². The Kier molecular flexibility index (Phi) is 4.84. The Morgan fingerprint density at radius 1 is 1.26 bits per heavy atom. The molecule has 166 valence electrons. The van der Waals surface area contributed by atoms with Crippen molar-refractivity contribution in [3.63, 3.8) is 0 Å². The summed E-state index contributed by atoms with van der Waals surface area (Å²) < 4.78 is 5.41. The normalized spacial score (nSPS) is 34.3. The molecule has 7 nitrogen and oxygen atoms in total. The third kappa shape index (κ3) is 3.34. The number of hydrogen-bond donors (Lipinski definition) is 3. The van der Waals surface area contributed by atoms with E-state index in [0.29, 0.717) is 6.04 Å². The molecule has 0 aromatic heterocycles. The Bertz CT molecular complexity index is 929. The number of amidine groups is 1. The number of anilines is 1. The SMILES string of the molecule is COc1ccc2c(c1)C1(CCC(N3CCC4(CC(C(=O)NC(C)=N)C4)C3)CC1)C(=O)N2. The minimum absolute atomic E-state index is 0.0116. The molecular weight excluding hydrogens is 392 g/mol. The van der Waals surface area contributed by atoms with Crippen molar-refractivity contribution in [1.82, 2.24) is 10.2 Å². The minimum atomic E-state index is -0.415. The number of likely N-dealkylation sites (tertiary alicyclic amines) is 1. The van der Waals surface area contributed by atoms with Gasteiger partial charge in [-0.05, 0) is 87.6 Å². The van der Waals surface area contributed by atoms with Crippen LogP contribution in [0.25, 0.3) is 0 Å². The summed E-state index contributed by atoms with van der Waals surface area (Å²) in [5, 5.41) is 13.2. The Balaban J connectivity index is 1.21. The molecule has 0 bridgehead atoms. The number of methoxy groups -OCH3 is 1. The minimum Gasteiger partial charge on any atom is -0.497 e. The van der Waals surface area contributed by atoms with E-state index in [-0.39, 0.29) is 29.0 Å². The Labute approximate surface area is 183 Å². The number of carbonyl (C=O) groups is 2. The molecule has 2 saturated carbocycles. The molecular formula is C24H32N4O3. The molecule has 2 amide bonds. The summed E-state index contributed by atoms with van der Waals surface area (Å²) in [6, 6.07) is 6.42. The predicted octanol–water partition coefficient (Wildman–Crippen LogP) is 3.04. The van der Waals surface area contributed by atoms with Crippen molar-refractivity contribution in [1.29, 1.82) is 5.41 Å². The van der Waals surface area contributed by atoms with Gasteiger partial charge >= 0.3 is 0 Å². The van der Waals surface area contributed by atoms with Gasteiger partial charge in [-0.25, -0.2) is 0 Å². The van der Waals surface area contributed by atoms with Gasteiger partial charge < -0.3 is 15.4 Å². The zero-order valence-electron chi connectivity index (χ0n) is 18.4. The van der Waals surface area contributed by atoms with Crippen molar-refractivity contribution in [2.45, 2.75) is 63.3 Å². The molecule has 0 atom stereocenters. The van der Waals surface area contributed by atoms with E-state index in [2.05, 4.69) is 15.5 Å². The molecule has 7 heteroatoms. The molecule has 0 unspecified atom stereocenters. The van der Waals surface area contributed by atoms with Gasteiger partial charge in [-0.2, -0.15) is 0 Å². The molecule has 3 fully saturated rings. The van der Waals surface area contributed by atoms with Gasteiger partial charge in [0.05, 0.1) is 18.4 Å². The largest absolute Gasteiger partial charge is 0.497 e. The van der Waals surface area contributed by atoms with E-state index < -0.39 is 5.41 Å². The molecule has 5 rings (SSSR count). The molecule has 2 aliphatic heterocycles. The quantitative estimate of drug-likeness (QED) is 0.513. The molecule has 0 radical (unpaired) electrons. The molecule has 2 heterocycles. The smallest absolute Gasteiger partial charge is 0.235 e. The van der Waals surface area contributed by atoms with Crippen LogP contribution in [0.1, 0.15) is 57.4 Å². The topological polar surface area (TPSA) is 94.5 Å². The van der Waals surface area contributed by atoms with Gasteiger partial charge in [-0.15, -0.1) is 0 Å². The second kappa shape index (κ2) is 7.33. The van der Waals surface area contributed by atoms with E-state index in [1.54, 1.807) is 14.0 Å². The third-order valence-electron chi connectivity index (χ3n) is 8.26. The standard InChI is InChI=1S/C24H32N4O3/c1-15(25)26-21(29)16-12-23(13-16)9-10-28(14-23)17-5-7-24(8-6-17)19-11-18(31-2)3-4-20(19)27-22(24)30/h3-4,11,16-17H,5-10,12-14H2,1-2H3,(H,27,30)(H2,25,26,29). The highest BCUT2D eigenvalue weighted by atomic mass is 16.5. The van der Waals surface area contributed by atoms with Crippen molar-refractivity contribution in [3.05, 3.63) is 23.8 Å². The van der Waals surface area contributed by atoms with Gasteiger partial charge in [-0.1, -0.05) is 0 Å². The lowest BCUT2D eigenvalue weighted by Gasteiger charge is -2.45. The van der Waals surface area contributed by atoms with E-state index in [1.807, 2.05) is 18.2 Å². The van der Waals surface area contributed by atoms with Gasteiger partial charge in [0.1, 0.15) is 5.75 Å².